The van der Waals surface area contributed by atoms with Crippen LogP contribution in [0.2, 0.25) is 0 Å². The van der Waals surface area contributed by atoms with Gasteiger partial charge in [0.25, 0.3) is 0 Å². The average molecular weight is 609 g/mol. The van der Waals surface area contributed by atoms with E-state index in [9.17, 15) is 74.6 Å². The molecule has 1 aromatic rings. The van der Waals surface area contributed by atoms with Gasteiger partial charge in [0.15, 0.2) is 0 Å². The van der Waals surface area contributed by atoms with Crippen molar-refractivity contribution in [2.24, 2.45) is 0 Å². The zero-order valence-electron chi connectivity index (χ0n) is 19.6. The molecule has 0 aliphatic rings. The van der Waals surface area contributed by atoms with Gasteiger partial charge in [-0.05, 0) is 49.8 Å². The Kier molecular flexibility index (Phi) is 9.95. The molecule has 1 aromatic heterocycles. The Hall–Kier alpha value is -2.04. The summed E-state index contributed by atoms with van der Waals surface area (Å²) >= 11 is 0. The van der Waals surface area contributed by atoms with E-state index in [1.165, 1.54) is 18.3 Å². The number of unbranched alkanes of at least 4 members (excludes halogenated alkanes) is 2. The molecule has 0 atom stereocenters. The summed E-state index contributed by atoms with van der Waals surface area (Å²) in [7, 11) is 0. The van der Waals surface area contributed by atoms with Crippen LogP contribution in [0.5, 0.6) is 0 Å². The van der Waals surface area contributed by atoms with Crippen LogP contribution in [0.4, 0.5) is 74.6 Å². The van der Waals surface area contributed by atoms with Crippen LogP contribution in [0, 0.1) is 0 Å². The van der Waals surface area contributed by atoms with Gasteiger partial charge in [0.05, 0.1) is 0 Å². The predicted molar refractivity (Wildman–Crippen MR) is 101 cm³/mol. The van der Waals surface area contributed by atoms with Crippen LogP contribution < -0.4 is 0 Å². The second-order valence-corrected chi connectivity index (χ2v) is 8.61. The molecule has 1 heterocycles. The van der Waals surface area contributed by atoms with Crippen LogP contribution >= 0.6 is 0 Å². The zero-order chi connectivity index (χ0) is 30.9. The number of hydrogen-bond donors (Lipinski definition) is 0. The number of halogens is 17. The fraction of sp³-hybridized carbons (Fsp3) is 0.762. The van der Waals surface area contributed by atoms with Crippen molar-refractivity contribution in [1.29, 1.82) is 0 Å². The third kappa shape index (κ3) is 6.03. The van der Waals surface area contributed by atoms with Crippen molar-refractivity contribution in [2.75, 3.05) is 0 Å². The summed E-state index contributed by atoms with van der Waals surface area (Å²) in [6.45, 7) is 1.86. The van der Waals surface area contributed by atoms with Crippen LogP contribution in [0.1, 0.15) is 50.3 Å². The normalized spacial score (nSPS) is 15.1. The first-order valence-electron chi connectivity index (χ1n) is 10.9. The van der Waals surface area contributed by atoms with Gasteiger partial charge in [-0.2, -0.15) is 74.6 Å². The highest BCUT2D eigenvalue weighted by molar-refractivity contribution is 5.17. The molecule has 0 fully saturated rings. The van der Waals surface area contributed by atoms with Gasteiger partial charge in [0.1, 0.15) is 0 Å². The average Bonchev–Trinajstić information content (AvgIpc) is 2.79. The number of hydrogen-bond acceptors (Lipinski definition) is 1. The van der Waals surface area contributed by atoms with Crippen molar-refractivity contribution in [1.82, 2.24) is 4.98 Å². The van der Waals surface area contributed by atoms with Crippen LogP contribution in [-0.4, -0.2) is 52.6 Å². The van der Waals surface area contributed by atoms with Gasteiger partial charge in [0, 0.05) is 18.3 Å². The lowest BCUT2D eigenvalue weighted by atomic mass is 9.87. The second-order valence-electron chi connectivity index (χ2n) is 8.61. The Bertz CT molecular complexity index is 952. The van der Waals surface area contributed by atoms with E-state index < -0.39 is 66.9 Å². The number of aryl methyl sites for hydroxylation is 2. The fourth-order valence-corrected chi connectivity index (χ4v) is 3.21. The summed E-state index contributed by atoms with van der Waals surface area (Å²) in [4.78, 5) is 3.99. The van der Waals surface area contributed by atoms with Gasteiger partial charge in [-0.3, -0.25) is 4.98 Å². The minimum absolute atomic E-state index is 0.160. The predicted octanol–water partition coefficient (Wildman–Crippen LogP) is 9.15. The minimum Gasteiger partial charge on any atom is -0.261 e. The highest BCUT2D eigenvalue weighted by atomic mass is 19.4. The fourth-order valence-electron chi connectivity index (χ4n) is 3.21. The van der Waals surface area contributed by atoms with E-state index in [2.05, 4.69) is 4.98 Å². The molecular formula is C21H20F17N. The molecule has 0 aliphatic carbocycles. The van der Waals surface area contributed by atoms with Gasteiger partial charge in [-0.1, -0.05) is 13.3 Å². The maximum atomic E-state index is 13.9. The Morgan fingerprint density at radius 2 is 1.03 bits per heavy atom. The number of alkyl halides is 17. The quantitative estimate of drug-likeness (QED) is 0.152. The van der Waals surface area contributed by atoms with Gasteiger partial charge in [-0.15, -0.1) is 0 Å². The summed E-state index contributed by atoms with van der Waals surface area (Å²) in [5.41, 5.74) is 0.970. The van der Waals surface area contributed by atoms with E-state index in [-0.39, 0.29) is 6.42 Å². The smallest absolute Gasteiger partial charge is 0.261 e. The van der Waals surface area contributed by atoms with Gasteiger partial charge in [-0.25, -0.2) is 0 Å². The Labute approximate surface area is 209 Å². The molecule has 18 heteroatoms. The molecule has 0 saturated carbocycles. The standard InChI is InChI=1S/C21H20F17N/c1-2-3-7-13-11-12(8-10-39-13)6-4-5-9-14(22,23)15(24,25)16(26,27)17(28,29)18(30,31)19(32,33)20(34,35)21(36,37)38/h8,10-11H,2-7,9H2,1H3. The van der Waals surface area contributed by atoms with E-state index >= 15 is 0 Å². The lowest BCUT2D eigenvalue weighted by Crippen LogP contribution is -2.74. The van der Waals surface area contributed by atoms with E-state index in [4.69, 9.17) is 0 Å². The molecule has 39 heavy (non-hydrogen) atoms. The summed E-state index contributed by atoms with van der Waals surface area (Å²) in [6.07, 6.45) is -8.63. The lowest BCUT2D eigenvalue weighted by molar-refractivity contribution is -0.461. The molecule has 1 nitrogen and oxygen atoms in total. The first kappa shape index (κ1) is 35.0. The monoisotopic (exact) mass is 609 g/mol. The van der Waals surface area contributed by atoms with Crippen LogP contribution in [-0.2, 0) is 12.8 Å². The Balaban J connectivity index is 3.16. The number of aromatic nitrogens is 1. The molecule has 0 unspecified atom stereocenters. The third-order valence-electron chi connectivity index (χ3n) is 5.66. The summed E-state index contributed by atoms with van der Waals surface area (Å²) in [6, 6.07) is 2.87. The summed E-state index contributed by atoms with van der Waals surface area (Å²) in [5.74, 6) is -55.9. The van der Waals surface area contributed by atoms with Crippen LogP contribution in [0.3, 0.4) is 0 Å². The minimum atomic E-state index is -8.60. The van der Waals surface area contributed by atoms with Gasteiger partial charge in [0.2, 0.25) is 0 Å². The molecule has 0 aromatic carbocycles. The van der Waals surface area contributed by atoms with Crippen molar-refractivity contribution in [3.63, 3.8) is 0 Å². The number of rotatable bonds is 14. The molecule has 0 N–H and O–H groups in total. The van der Waals surface area contributed by atoms with Gasteiger partial charge < -0.3 is 0 Å². The second kappa shape index (κ2) is 11.1. The molecule has 1 rings (SSSR count). The van der Waals surface area contributed by atoms with Crippen LogP contribution in [0.25, 0.3) is 0 Å². The van der Waals surface area contributed by atoms with E-state index in [1.807, 2.05) is 6.92 Å². The first-order chi connectivity index (χ1) is 17.3. The topological polar surface area (TPSA) is 12.9 Å². The Morgan fingerprint density at radius 3 is 1.49 bits per heavy atom. The molecule has 0 radical (unpaired) electrons. The highest BCUT2D eigenvalue weighted by Gasteiger charge is 2.95. The van der Waals surface area contributed by atoms with Crippen molar-refractivity contribution >= 4 is 0 Å². The largest absolute Gasteiger partial charge is 0.460 e. The van der Waals surface area contributed by atoms with Crippen molar-refractivity contribution in [3.05, 3.63) is 29.6 Å². The maximum absolute atomic E-state index is 13.9. The zero-order valence-corrected chi connectivity index (χ0v) is 19.6. The molecule has 0 aliphatic heterocycles. The van der Waals surface area contributed by atoms with Gasteiger partial charge >= 0.3 is 47.6 Å². The van der Waals surface area contributed by atoms with Crippen LogP contribution in [0.15, 0.2) is 18.3 Å². The summed E-state index contributed by atoms with van der Waals surface area (Å²) < 4.78 is 226. The molecule has 0 spiro atoms. The third-order valence-corrected chi connectivity index (χ3v) is 5.66. The first-order valence-corrected chi connectivity index (χ1v) is 10.9. The molecule has 0 amide bonds. The number of nitrogens with zero attached hydrogens (tertiary/aromatic N) is 1. The maximum Gasteiger partial charge on any atom is 0.460 e. The molecule has 228 valence electrons. The SMILES string of the molecule is CCCCc1cc(CCCCC(F)(F)C(F)(F)C(F)(F)C(F)(F)C(F)(F)C(F)(F)C(F)(F)C(F)(F)F)ccn1. The van der Waals surface area contributed by atoms with Crippen molar-refractivity contribution < 1.29 is 74.6 Å². The molecule has 0 saturated heterocycles. The number of pyridine rings is 1. The molecule has 0 bridgehead atoms. The van der Waals surface area contributed by atoms with Crippen molar-refractivity contribution in [3.8, 4) is 0 Å². The lowest BCUT2D eigenvalue weighted by Gasteiger charge is -2.42. The summed E-state index contributed by atoms with van der Waals surface area (Å²) in [5, 5.41) is 0. The highest BCUT2D eigenvalue weighted by Crippen LogP contribution is 2.64. The van der Waals surface area contributed by atoms with E-state index in [0.29, 0.717) is 17.7 Å². The van der Waals surface area contributed by atoms with E-state index in [0.717, 1.165) is 12.8 Å². The Morgan fingerprint density at radius 1 is 0.564 bits per heavy atom. The van der Waals surface area contributed by atoms with Crippen molar-refractivity contribution in [2.45, 2.75) is 99.5 Å². The molecular weight excluding hydrogens is 589 g/mol. The van der Waals surface area contributed by atoms with E-state index in [1.54, 1.807) is 0 Å².